The maximum absolute atomic E-state index is 13.6. The SMILES string of the molecule is CC(C)(C(=O)Nc1nnc(CF)s1)[C@H]1c2ccccc2Oc2nc(-c3ccc(C(=O)N4CCCC4)cc3)ccc21. The average molecular weight is 558 g/mol. The van der Waals surface area contributed by atoms with Gasteiger partial charge >= 0.3 is 0 Å². The fraction of sp³-hybridized carbons (Fsp3) is 0.300. The van der Waals surface area contributed by atoms with Crippen molar-refractivity contribution in [3.05, 3.63) is 82.4 Å². The van der Waals surface area contributed by atoms with Crippen LogP contribution >= 0.6 is 11.3 Å². The van der Waals surface area contributed by atoms with E-state index in [0.29, 0.717) is 22.9 Å². The van der Waals surface area contributed by atoms with Crippen molar-refractivity contribution >= 4 is 28.3 Å². The summed E-state index contributed by atoms with van der Waals surface area (Å²) in [4.78, 5) is 33.1. The topological polar surface area (TPSA) is 97.3 Å². The number of aromatic nitrogens is 3. The summed E-state index contributed by atoms with van der Waals surface area (Å²) >= 11 is 1.01. The Morgan fingerprint density at radius 2 is 1.77 bits per heavy atom. The van der Waals surface area contributed by atoms with E-state index >= 15 is 0 Å². The third-order valence-electron chi connectivity index (χ3n) is 7.57. The number of pyridine rings is 1. The lowest BCUT2D eigenvalue weighted by atomic mass is 9.69. The summed E-state index contributed by atoms with van der Waals surface area (Å²) in [5.41, 5.74) is 2.93. The lowest BCUT2D eigenvalue weighted by molar-refractivity contribution is -0.124. The lowest BCUT2D eigenvalue weighted by Gasteiger charge is -2.37. The molecule has 4 heterocycles. The van der Waals surface area contributed by atoms with E-state index in [-0.39, 0.29) is 27.9 Å². The van der Waals surface area contributed by atoms with Crippen LogP contribution in [0.2, 0.25) is 0 Å². The number of amides is 2. The van der Waals surface area contributed by atoms with Gasteiger partial charge in [0.05, 0.1) is 11.1 Å². The van der Waals surface area contributed by atoms with Crippen LogP contribution in [0.3, 0.4) is 0 Å². The quantitative estimate of drug-likeness (QED) is 0.303. The van der Waals surface area contributed by atoms with Crippen molar-refractivity contribution in [2.24, 2.45) is 5.41 Å². The Kier molecular flexibility index (Phi) is 6.79. The molecule has 2 aromatic carbocycles. The van der Waals surface area contributed by atoms with Gasteiger partial charge in [0.1, 0.15) is 17.4 Å². The van der Waals surface area contributed by atoms with Gasteiger partial charge in [-0.2, -0.15) is 0 Å². The number of hydrogen-bond acceptors (Lipinski definition) is 7. The number of nitrogens with one attached hydrogen (secondary N) is 1. The van der Waals surface area contributed by atoms with Crippen molar-refractivity contribution in [2.75, 3.05) is 18.4 Å². The van der Waals surface area contributed by atoms with Crippen LogP contribution in [0, 0.1) is 5.41 Å². The van der Waals surface area contributed by atoms with Gasteiger partial charge in [0, 0.05) is 41.3 Å². The number of fused-ring (bicyclic) bond motifs is 2. The third-order valence-corrected chi connectivity index (χ3v) is 8.37. The van der Waals surface area contributed by atoms with Gasteiger partial charge in [-0.1, -0.05) is 61.6 Å². The largest absolute Gasteiger partial charge is 0.438 e. The number of alkyl halides is 1. The Balaban J connectivity index is 1.31. The summed E-state index contributed by atoms with van der Waals surface area (Å²) in [7, 11) is 0. The molecule has 0 saturated carbocycles. The van der Waals surface area contributed by atoms with Gasteiger partial charge in [-0.25, -0.2) is 9.37 Å². The van der Waals surface area contributed by atoms with E-state index in [9.17, 15) is 14.0 Å². The molecule has 6 rings (SSSR count). The molecule has 2 aliphatic rings. The van der Waals surface area contributed by atoms with Crippen molar-refractivity contribution in [1.29, 1.82) is 0 Å². The molecule has 0 unspecified atom stereocenters. The van der Waals surface area contributed by atoms with Crippen molar-refractivity contribution in [3.8, 4) is 22.9 Å². The third kappa shape index (κ3) is 4.72. The van der Waals surface area contributed by atoms with Gasteiger partial charge in [0.15, 0.2) is 0 Å². The van der Waals surface area contributed by atoms with Gasteiger partial charge < -0.3 is 15.0 Å². The van der Waals surface area contributed by atoms with E-state index in [1.807, 2.05) is 79.4 Å². The number of likely N-dealkylation sites (tertiary alicyclic amines) is 1. The summed E-state index contributed by atoms with van der Waals surface area (Å²) in [5, 5.41) is 10.9. The van der Waals surface area contributed by atoms with Gasteiger partial charge in [-0.05, 0) is 37.1 Å². The van der Waals surface area contributed by atoms with Crippen molar-refractivity contribution in [2.45, 2.75) is 39.3 Å². The monoisotopic (exact) mass is 557 g/mol. The predicted molar refractivity (Wildman–Crippen MR) is 150 cm³/mol. The molecule has 40 heavy (non-hydrogen) atoms. The summed E-state index contributed by atoms with van der Waals surface area (Å²) < 4.78 is 19.2. The normalized spacial score (nSPS) is 16.2. The number of benzene rings is 2. The number of carbonyl (C=O) groups is 2. The minimum Gasteiger partial charge on any atom is -0.438 e. The molecule has 2 aromatic heterocycles. The number of halogens is 1. The highest BCUT2D eigenvalue weighted by atomic mass is 32.1. The fourth-order valence-corrected chi connectivity index (χ4v) is 5.99. The molecular formula is C30H28FN5O3S. The first kappa shape index (κ1) is 26.1. The number of anilines is 1. The number of rotatable bonds is 6. The molecular weight excluding hydrogens is 529 g/mol. The average Bonchev–Trinajstić information content (AvgIpc) is 3.68. The predicted octanol–water partition coefficient (Wildman–Crippen LogP) is 6.21. The smallest absolute Gasteiger partial charge is 0.253 e. The van der Waals surface area contributed by atoms with Crippen LogP contribution in [0.15, 0.2) is 60.7 Å². The molecule has 8 nitrogen and oxygen atoms in total. The number of carbonyl (C=O) groups excluding carboxylic acids is 2. The molecule has 1 saturated heterocycles. The Hall–Kier alpha value is -4.18. The number of ether oxygens (including phenoxy) is 1. The molecule has 0 spiro atoms. The zero-order valence-electron chi connectivity index (χ0n) is 22.2. The summed E-state index contributed by atoms with van der Waals surface area (Å²) in [6.07, 6.45) is 2.10. The molecule has 0 aliphatic carbocycles. The number of nitrogens with zero attached hydrogens (tertiary/aromatic N) is 4. The zero-order chi connectivity index (χ0) is 27.9. The Morgan fingerprint density at radius 3 is 2.50 bits per heavy atom. The van der Waals surface area contributed by atoms with E-state index in [0.717, 1.165) is 54.0 Å². The first-order chi connectivity index (χ1) is 19.3. The molecule has 0 bridgehead atoms. The summed E-state index contributed by atoms with van der Waals surface area (Å²) in [5.74, 6) is 0.467. The lowest BCUT2D eigenvalue weighted by Crippen LogP contribution is -2.38. The minimum absolute atomic E-state index is 0.0557. The van der Waals surface area contributed by atoms with Crippen molar-refractivity contribution in [1.82, 2.24) is 20.1 Å². The second-order valence-electron chi connectivity index (χ2n) is 10.6. The van der Waals surface area contributed by atoms with Crippen LogP contribution in [-0.4, -0.2) is 45.0 Å². The molecule has 10 heteroatoms. The van der Waals surface area contributed by atoms with Gasteiger partial charge in [-0.15, -0.1) is 10.2 Å². The highest BCUT2D eigenvalue weighted by Gasteiger charge is 2.44. The van der Waals surface area contributed by atoms with Crippen LogP contribution in [0.4, 0.5) is 9.52 Å². The van der Waals surface area contributed by atoms with E-state index in [2.05, 4.69) is 15.5 Å². The van der Waals surface area contributed by atoms with E-state index in [1.54, 1.807) is 0 Å². The standard InChI is InChI=1S/C30H28FN5O3S/c1-30(2,28(38)33-29-35-34-24(17-31)40-29)25-20-7-3-4-8-23(20)39-26-21(25)13-14-22(32-26)18-9-11-19(12-10-18)27(37)36-15-5-6-16-36/h3-4,7-14,25H,5-6,15-17H2,1-2H3,(H,33,35,38)/t25-/m0/s1. The molecule has 204 valence electrons. The molecule has 2 amide bonds. The van der Waals surface area contributed by atoms with E-state index in [1.165, 1.54) is 0 Å². The number of hydrogen-bond donors (Lipinski definition) is 1. The summed E-state index contributed by atoms with van der Waals surface area (Å²) in [6.45, 7) is 4.60. The molecule has 4 aromatic rings. The first-order valence-corrected chi connectivity index (χ1v) is 14.0. The maximum Gasteiger partial charge on any atom is 0.253 e. The maximum atomic E-state index is 13.6. The second kappa shape index (κ2) is 10.4. The molecule has 2 aliphatic heterocycles. The highest BCUT2D eigenvalue weighted by Crippen LogP contribution is 2.52. The number of para-hydroxylation sites is 1. The summed E-state index contributed by atoms with van der Waals surface area (Å²) in [6, 6.07) is 19.0. The van der Waals surface area contributed by atoms with E-state index < -0.39 is 12.1 Å². The van der Waals surface area contributed by atoms with Crippen LogP contribution in [-0.2, 0) is 11.5 Å². The Labute approximate surface area is 235 Å². The van der Waals surface area contributed by atoms with Crippen LogP contribution in [0.25, 0.3) is 11.3 Å². The molecule has 1 N–H and O–H groups in total. The van der Waals surface area contributed by atoms with Crippen LogP contribution < -0.4 is 10.1 Å². The molecule has 1 atom stereocenters. The van der Waals surface area contributed by atoms with Crippen LogP contribution in [0.1, 0.15) is 59.1 Å². The molecule has 1 fully saturated rings. The van der Waals surface area contributed by atoms with Gasteiger partial charge in [0.2, 0.25) is 16.9 Å². The Bertz CT molecular complexity index is 1580. The first-order valence-electron chi connectivity index (χ1n) is 13.2. The highest BCUT2D eigenvalue weighted by molar-refractivity contribution is 7.15. The van der Waals surface area contributed by atoms with Gasteiger partial charge in [-0.3, -0.25) is 9.59 Å². The van der Waals surface area contributed by atoms with Crippen molar-refractivity contribution in [3.63, 3.8) is 0 Å². The van der Waals surface area contributed by atoms with Crippen molar-refractivity contribution < 1.29 is 18.7 Å². The second-order valence-corrected chi connectivity index (χ2v) is 11.6. The fourth-order valence-electron chi connectivity index (χ4n) is 5.41. The van der Waals surface area contributed by atoms with Gasteiger partial charge in [0.25, 0.3) is 5.91 Å². The van der Waals surface area contributed by atoms with Crippen LogP contribution in [0.5, 0.6) is 11.6 Å². The molecule has 0 radical (unpaired) electrons. The van der Waals surface area contributed by atoms with E-state index in [4.69, 9.17) is 9.72 Å². The Morgan fingerprint density at radius 1 is 1.02 bits per heavy atom. The zero-order valence-corrected chi connectivity index (χ0v) is 23.0. The minimum atomic E-state index is -0.947.